The summed E-state index contributed by atoms with van der Waals surface area (Å²) in [6.07, 6.45) is 0.819. The first-order valence-corrected chi connectivity index (χ1v) is 11.1. The van der Waals surface area contributed by atoms with Gasteiger partial charge < -0.3 is 15.0 Å². The van der Waals surface area contributed by atoms with Crippen molar-refractivity contribution in [3.05, 3.63) is 33.0 Å². The largest absolute Gasteiger partial charge is 0.379 e. The predicted molar refractivity (Wildman–Crippen MR) is 112 cm³/mol. The van der Waals surface area contributed by atoms with E-state index in [1.807, 2.05) is 25.3 Å². The van der Waals surface area contributed by atoms with Gasteiger partial charge in [-0.1, -0.05) is 6.07 Å². The molecule has 2 aromatic heterocycles. The van der Waals surface area contributed by atoms with Crippen LogP contribution in [0.3, 0.4) is 0 Å². The number of thiophene rings is 1. The molecular formula is C19H26N4O3S2. The quantitative estimate of drug-likeness (QED) is 0.708. The van der Waals surface area contributed by atoms with Crippen molar-refractivity contribution in [1.82, 2.24) is 14.8 Å². The molecule has 3 rings (SSSR count). The van der Waals surface area contributed by atoms with Crippen molar-refractivity contribution in [2.24, 2.45) is 0 Å². The number of thiazole rings is 1. The SMILES string of the molecule is Cc1nc(NC(=O)CN(CCCN2CCOCC2)C(=O)c2cccs2)sc1C. The van der Waals surface area contributed by atoms with E-state index in [0.717, 1.165) is 49.8 Å². The van der Waals surface area contributed by atoms with Crippen molar-refractivity contribution in [2.45, 2.75) is 20.3 Å². The summed E-state index contributed by atoms with van der Waals surface area (Å²) in [5.41, 5.74) is 0.914. The van der Waals surface area contributed by atoms with E-state index in [-0.39, 0.29) is 18.4 Å². The Labute approximate surface area is 173 Å². The van der Waals surface area contributed by atoms with Crippen LogP contribution in [0.1, 0.15) is 26.7 Å². The zero-order valence-electron chi connectivity index (χ0n) is 16.3. The van der Waals surface area contributed by atoms with Gasteiger partial charge in [-0.3, -0.25) is 14.5 Å². The topological polar surface area (TPSA) is 74.8 Å². The Hall–Kier alpha value is -1.81. The van der Waals surface area contributed by atoms with Crippen molar-refractivity contribution < 1.29 is 14.3 Å². The third-order valence-electron chi connectivity index (χ3n) is 4.63. The minimum atomic E-state index is -0.218. The van der Waals surface area contributed by atoms with E-state index >= 15 is 0 Å². The number of nitrogens with one attached hydrogen (secondary N) is 1. The van der Waals surface area contributed by atoms with Gasteiger partial charge in [-0.05, 0) is 31.7 Å². The second-order valence-electron chi connectivity index (χ2n) is 6.72. The summed E-state index contributed by atoms with van der Waals surface area (Å²) < 4.78 is 5.37. The Morgan fingerprint density at radius 3 is 2.75 bits per heavy atom. The van der Waals surface area contributed by atoms with Crippen molar-refractivity contribution >= 4 is 39.6 Å². The van der Waals surface area contributed by atoms with Crippen LogP contribution in [0, 0.1) is 13.8 Å². The number of carbonyl (C=O) groups excluding carboxylic acids is 2. The van der Waals surface area contributed by atoms with Gasteiger partial charge in [-0.15, -0.1) is 22.7 Å². The van der Waals surface area contributed by atoms with Gasteiger partial charge >= 0.3 is 0 Å². The third kappa shape index (κ3) is 5.84. The average molecular weight is 423 g/mol. The highest BCUT2D eigenvalue weighted by Gasteiger charge is 2.21. The molecule has 1 saturated heterocycles. The lowest BCUT2D eigenvalue weighted by molar-refractivity contribution is -0.116. The molecule has 0 bridgehead atoms. The normalized spacial score (nSPS) is 14.8. The molecule has 0 unspecified atom stereocenters. The highest BCUT2D eigenvalue weighted by Crippen LogP contribution is 2.21. The van der Waals surface area contributed by atoms with Gasteiger partial charge in [0.2, 0.25) is 5.91 Å². The molecular weight excluding hydrogens is 396 g/mol. The Morgan fingerprint density at radius 2 is 2.11 bits per heavy atom. The first-order valence-electron chi connectivity index (χ1n) is 9.39. The third-order valence-corrected chi connectivity index (χ3v) is 6.48. The van der Waals surface area contributed by atoms with Gasteiger partial charge in [-0.25, -0.2) is 4.98 Å². The summed E-state index contributed by atoms with van der Waals surface area (Å²) in [5.74, 6) is -0.316. The molecule has 3 heterocycles. The smallest absolute Gasteiger partial charge is 0.264 e. The molecule has 0 atom stereocenters. The fourth-order valence-electron chi connectivity index (χ4n) is 2.98. The molecule has 152 valence electrons. The van der Waals surface area contributed by atoms with Gasteiger partial charge in [0.25, 0.3) is 5.91 Å². The zero-order valence-corrected chi connectivity index (χ0v) is 17.9. The van der Waals surface area contributed by atoms with Crippen LogP contribution >= 0.6 is 22.7 Å². The zero-order chi connectivity index (χ0) is 19.9. The lowest BCUT2D eigenvalue weighted by Gasteiger charge is -2.28. The molecule has 2 aromatic rings. The number of nitrogens with zero attached hydrogens (tertiary/aromatic N) is 3. The van der Waals surface area contributed by atoms with Crippen LogP contribution in [0.5, 0.6) is 0 Å². The first-order chi connectivity index (χ1) is 13.5. The van der Waals surface area contributed by atoms with Crippen LogP contribution in [0.4, 0.5) is 5.13 Å². The second kappa shape index (κ2) is 10.1. The lowest BCUT2D eigenvalue weighted by Crippen LogP contribution is -2.41. The molecule has 7 nitrogen and oxygen atoms in total. The van der Waals surface area contributed by atoms with Crippen LogP contribution in [0.15, 0.2) is 17.5 Å². The molecule has 28 heavy (non-hydrogen) atoms. The number of aromatic nitrogens is 1. The summed E-state index contributed by atoms with van der Waals surface area (Å²) in [7, 11) is 0. The minimum absolute atomic E-state index is 0.0253. The predicted octanol–water partition coefficient (Wildman–Crippen LogP) is 2.62. The van der Waals surface area contributed by atoms with Gasteiger partial charge in [0, 0.05) is 31.1 Å². The Balaban J connectivity index is 1.58. The highest BCUT2D eigenvalue weighted by molar-refractivity contribution is 7.15. The Bertz CT molecular complexity index is 766. The van der Waals surface area contributed by atoms with Crippen LogP contribution < -0.4 is 5.32 Å². The molecule has 0 aromatic carbocycles. The fraction of sp³-hybridized carbons (Fsp3) is 0.526. The molecule has 2 amide bonds. The average Bonchev–Trinajstić information content (AvgIpc) is 3.31. The summed E-state index contributed by atoms with van der Waals surface area (Å²) in [6.45, 7) is 8.70. The lowest BCUT2D eigenvalue weighted by atomic mass is 10.3. The molecule has 1 fully saturated rings. The Morgan fingerprint density at radius 1 is 1.32 bits per heavy atom. The monoisotopic (exact) mass is 422 g/mol. The van der Waals surface area contributed by atoms with Crippen LogP contribution in [-0.4, -0.2) is 72.5 Å². The summed E-state index contributed by atoms with van der Waals surface area (Å²) in [5, 5.41) is 5.28. The number of carbonyl (C=O) groups is 2. The van der Waals surface area contributed by atoms with Crippen molar-refractivity contribution in [3.63, 3.8) is 0 Å². The molecule has 0 aliphatic carbocycles. The summed E-state index contributed by atoms with van der Waals surface area (Å²) >= 11 is 2.85. The van der Waals surface area contributed by atoms with Crippen molar-refractivity contribution in [3.8, 4) is 0 Å². The van der Waals surface area contributed by atoms with Crippen LogP contribution in [-0.2, 0) is 9.53 Å². The molecule has 0 spiro atoms. The molecule has 1 N–H and O–H groups in total. The summed E-state index contributed by atoms with van der Waals surface area (Å²) in [6, 6.07) is 3.65. The van der Waals surface area contributed by atoms with E-state index in [2.05, 4.69) is 15.2 Å². The molecule has 0 radical (unpaired) electrons. The standard InChI is InChI=1S/C19H26N4O3S2/c1-14-15(2)28-19(20-14)21-17(24)13-23(18(25)16-5-3-12-27-16)7-4-6-22-8-10-26-11-9-22/h3,5,12H,4,6-11,13H2,1-2H3,(H,20,21,24). The van der Waals surface area contributed by atoms with Gasteiger partial charge in [0.15, 0.2) is 5.13 Å². The summed E-state index contributed by atoms with van der Waals surface area (Å²) in [4.78, 5) is 35.4. The van der Waals surface area contributed by atoms with E-state index in [1.54, 1.807) is 11.0 Å². The van der Waals surface area contributed by atoms with E-state index in [9.17, 15) is 9.59 Å². The number of aryl methyl sites for hydroxylation is 2. The number of hydrogen-bond donors (Lipinski definition) is 1. The first kappa shape index (κ1) is 20.9. The van der Waals surface area contributed by atoms with Crippen molar-refractivity contribution in [1.29, 1.82) is 0 Å². The van der Waals surface area contributed by atoms with Crippen LogP contribution in [0.2, 0.25) is 0 Å². The fourth-order valence-corrected chi connectivity index (χ4v) is 4.50. The maximum Gasteiger partial charge on any atom is 0.264 e. The van der Waals surface area contributed by atoms with Gasteiger partial charge in [-0.2, -0.15) is 0 Å². The van der Waals surface area contributed by atoms with Crippen LogP contribution in [0.25, 0.3) is 0 Å². The number of rotatable bonds is 8. The molecule has 1 aliphatic rings. The maximum atomic E-state index is 12.8. The molecule has 9 heteroatoms. The number of anilines is 1. The molecule has 1 aliphatic heterocycles. The van der Waals surface area contributed by atoms with E-state index in [4.69, 9.17) is 4.74 Å². The van der Waals surface area contributed by atoms with Gasteiger partial charge in [0.1, 0.15) is 6.54 Å². The number of morpholine rings is 1. The number of ether oxygens (including phenoxy) is 1. The van der Waals surface area contributed by atoms with E-state index < -0.39 is 0 Å². The number of hydrogen-bond acceptors (Lipinski definition) is 7. The maximum absolute atomic E-state index is 12.8. The second-order valence-corrected chi connectivity index (χ2v) is 8.87. The van der Waals surface area contributed by atoms with E-state index in [0.29, 0.717) is 16.6 Å². The Kier molecular flexibility index (Phi) is 7.55. The van der Waals surface area contributed by atoms with Crippen molar-refractivity contribution in [2.75, 3.05) is 51.3 Å². The highest BCUT2D eigenvalue weighted by atomic mass is 32.1. The van der Waals surface area contributed by atoms with Gasteiger partial charge in [0.05, 0.1) is 23.8 Å². The van der Waals surface area contributed by atoms with E-state index in [1.165, 1.54) is 22.7 Å². The molecule has 0 saturated carbocycles. The minimum Gasteiger partial charge on any atom is -0.379 e. The number of amides is 2.